The zero-order chi connectivity index (χ0) is 6.48. The Balaban J connectivity index is 2.05. The molecule has 9 heavy (non-hydrogen) atoms. The maximum atomic E-state index is 2.41. The van der Waals surface area contributed by atoms with Crippen molar-refractivity contribution in [2.45, 2.75) is 39.5 Å². The zero-order valence-corrected chi connectivity index (χ0v) is 6.48. The molecule has 0 bridgehead atoms. The molecule has 0 aromatic carbocycles. The molecule has 0 nitrogen and oxygen atoms in total. The molecule has 0 spiro atoms. The molecular weight excluding hydrogens is 108 g/mol. The van der Waals surface area contributed by atoms with Gasteiger partial charge in [-0.15, -0.1) is 0 Å². The largest absolute Gasteiger partial charge is 0.0648 e. The van der Waals surface area contributed by atoms with Crippen LogP contribution in [0, 0.1) is 17.3 Å². The van der Waals surface area contributed by atoms with Gasteiger partial charge in [-0.2, -0.15) is 0 Å². The van der Waals surface area contributed by atoms with E-state index in [1.54, 1.807) is 6.42 Å². The van der Waals surface area contributed by atoms with Crippen molar-refractivity contribution < 1.29 is 0 Å². The summed E-state index contributed by atoms with van der Waals surface area (Å²) in [5.74, 6) is 2.20. The molecule has 0 radical (unpaired) electrons. The average molecular weight is 124 g/mol. The molecule has 0 aliphatic heterocycles. The summed E-state index contributed by atoms with van der Waals surface area (Å²) in [7, 11) is 0. The van der Waals surface area contributed by atoms with Crippen LogP contribution in [-0.2, 0) is 0 Å². The van der Waals surface area contributed by atoms with Crippen molar-refractivity contribution >= 4 is 0 Å². The van der Waals surface area contributed by atoms with Crippen LogP contribution in [0.3, 0.4) is 0 Å². The molecule has 3 atom stereocenters. The molecule has 2 fully saturated rings. The smallest absolute Gasteiger partial charge is 0.0266 e. The topological polar surface area (TPSA) is 0 Å². The molecule has 3 unspecified atom stereocenters. The first-order chi connectivity index (χ1) is 4.27. The summed E-state index contributed by atoms with van der Waals surface area (Å²) in [6.45, 7) is 4.77. The lowest BCUT2D eigenvalue weighted by molar-refractivity contribution is 0.423. The van der Waals surface area contributed by atoms with Gasteiger partial charge in [0, 0.05) is 0 Å². The lowest BCUT2D eigenvalue weighted by atomic mass is 9.97. The molecule has 0 N–H and O–H groups in total. The summed E-state index contributed by atoms with van der Waals surface area (Å²) in [4.78, 5) is 0. The van der Waals surface area contributed by atoms with E-state index >= 15 is 0 Å². The lowest BCUT2D eigenvalue weighted by Crippen LogP contribution is -1.97. The van der Waals surface area contributed by atoms with Crippen molar-refractivity contribution in [2.75, 3.05) is 0 Å². The highest BCUT2D eigenvalue weighted by Crippen LogP contribution is 2.66. The minimum Gasteiger partial charge on any atom is -0.0648 e. The van der Waals surface area contributed by atoms with Crippen molar-refractivity contribution in [1.29, 1.82) is 0 Å². The fourth-order valence-electron chi connectivity index (χ4n) is 2.86. The number of hydrogen-bond acceptors (Lipinski definition) is 0. The van der Waals surface area contributed by atoms with Crippen molar-refractivity contribution in [1.82, 2.24) is 0 Å². The first-order valence-corrected chi connectivity index (χ1v) is 4.27. The molecule has 2 saturated carbocycles. The van der Waals surface area contributed by atoms with Gasteiger partial charge in [0.05, 0.1) is 0 Å². The van der Waals surface area contributed by atoms with Crippen molar-refractivity contribution in [3.05, 3.63) is 0 Å². The third kappa shape index (κ3) is 0.653. The normalized spacial score (nSPS) is 55.3. The quantitative estimate of drug-likeness (QED) is 0.504. The van der Waals surface area contributed by atoms with E-state index in [9.17, 15) is 0 Å². The van der Waals surface area contributed by atoms with Gasteiger partial charge in [0.2, 0.25) is 0 Å². The Hall–Kier alpha value is 0. The van der Waals surface area contributed by atoms with Crippen LogP contribution in [0.5, 0.6) is 0 Å². The summed E-state index contributed by atoms with van der Waals surface area (Å²) in [6.07, 6.45) is 6.08. The maximum Gasteiger partial charge on any atom is -0.0266 e. The van der Waals surface area contributed by atoms with Crippen LogP contribution in [0.1, 0.15) is 39.5 Å². The highest BCUT2D eigenvalue weighted by molar-refractivity contribution is 5.07. The second-order valence-corrected chi connectivity index (χ2v) is 4.16. The molecule has 2 rings (SSSR count). The Morgan fingerprint density at radius 1 is 1.44 bits per heavy atom. The molecule has 0 heterocycles. The summed E-state index contributed by atoms with van der Waals surface area (Å²) < 4.78 is 0. The second-order valence-electron chi connectivity index (χ2n) is 4.16. The Kier molecular flexibility index (Phi) is 0.980. The van der Waals surface area contributed by atoms with E-state index in [0.717, 1.165) is 17.3 Å². The summed E-state index contributed by atoms with van der Waals surface area (Å²) in [5, 5.41) is 0. The Bertz CT molecular complexity index is 124. The number of hydrogen-bond donors (Lipinski definition) is 0. The average Bonchev–Trinajstić information content (AvgIpc) is 2.38. The molecule has 0 aromatic heterocycles. The lowest BCUT2D eigenvalue weighted by Gasteiger charge is -2.09. The highest BCUT2D eigenvalue weighted by Gasteiger charge is 2.57. The van der Waals surface area contributed by atoms with Crippen LogP contribution in [0.4, 0.5) is 0 Å². The van der Waals surface area contributed by atoms with Gasteiger partial charge in [-0.25, -0.2) is 0 Å². The molecular formula is C9H16. The van der Waals surface area contributed by atoms with E-state index in [1.165, 1.54) is 19.3 Å². The van der Waals surface area contributed by atoms with Crippen molar-refractivity contribution in [2.24, 2.45) is 17.3 Å². The van der Waals surface area contributed by atoms with E-state index in [-0.39, 0.29) is 0 Å². The standard InChI is InChI=1S/C9H16/c1-3-9-5-7(2)4-8(9)6-9/h7-8H,3-6H2,1-2H3. The van der Waals surface area contributed by atoms with Crippen LogP contribution in [0.25, 0.3) is 0 Å². The Morgan fingerprint density at radius 3 is 2.56 bits per heavy atom. The predicted molar refractivity (Wildman–Crippen MR) is 39.2 cm³/mol. The fourth-order valence-corrected chi connectivity index (χ4v) is 2.86. The molecule has 0 amide bonds. The minimum absolute atomic E-state index is 0.874. The summed E-state index contributed by atoms with van der Waals surface area (Å²) in [6, 6.07) is 0. The first kappa shape index (κ1) is 5.76. The summed E-state index contributed by atoms with van der Waals surface area (Å²) in [5.41, 5.74) is 0.874. The number of fused-ring (bicyclic) bond motifs is 1. The minimum atomic E-state index is 0.874. The predicted octanol–water partition coefficient (Wildman–Crippen LogP) is 2.83. The van der Waals surface area contributed by atoms with Gasteiger partial charge >= 0.3 is 0 Å². The maximum absolute atomic E-state index is 2.41. The van der Waals surface area contributed by atoms with Crippen LogP contribution in [0.15, 0.2) is 0 Å². The van der Waals surface area contributed by atoms with Gasteiger partial charge in [0.15, 0.2) is 0 Å². The van der Waals surface area contributed by atoms with Crippen LogP contribution < -0.4 is 0 Å². The van der Waals surface area contributed by atoms with Crippen LogP contribution >= 0.6 is 0 Å². The van der Waals surface area contributed by atoms with Crippen LogP contribution in [0.2, 0.25) is 0 Å². The SMILES string of the molecule is CCC12CC(C)CC1C2. The Morgan fingerprint density at radius 2 is 2.22 bits per heavy atom. The van der Waals surface area contributed by atoms with Gasteiger partial charge < -0.3 is 0 Å². The number of rotatable bonds is 1. The van der Waals surface area contributed by atoms with Gasteiger partial charge in [0.25, 0.3) is 0 Å². The molecule has 2 aliphatic carbocycles. The van der Waals surface area contributed by atoms with Crippen LogP contribution in [-0.4, -0.2) is 0 Å². The Labute approximate surface area is 57.6 Å². The van der Waals surface area contributed by atoms with Crippen molar-refractivity contribution in [3.8, 4) is 0 Å². The van der Waals surface area contributed by atoms with E-state index in [2.05, 4.69) is 13.8 Å². The first-order valence-electron chi connectivity index (χ1n) is 4.27. The highest BCUT2D eigenvalue weighted by atomic mass is 14.6. The monoisotopic (exact) mass is 124 g/mol. The van der Waals surface area contributed by atoms with E-state index in [0.29, 0.717) is 0 Å². The fraction of sp³-hybridized carbons (Fsp3) is 1.00. The van der Waals surface area contributed by atoms with Gasteiger partial charge in [-0.05, 0) is 36.5 Å². The summed E-state index contributed by atoms with van der Waals surface area (Å²) >= 11 is 0. The molecule has 52 valence electrons. The van der Waals surface area contributed by atoms with E-state index in [4.69, 9.17) is 0 Å². The molecule has 0 aromatic rings. The van der Waals surface area contributed by atoms with Gasteiger partial charge in [-0.3, -0.25) is 0 Å². The molecule has 0 saturated heterocycles. The molecule has 2 aliphatic rings. The van der Waals surface area contributed by atoms with E-state index in [1.807, 2.05) is 0 Å². The van der Waals surface area contributed by atoms with Crippen molar-refractivity contribution in [3.63, 3.8) is 0 Å². The zero-order valence-electron chi connectivity index (χ0n) is 6.48. The second kappa shape index (κ2) is 1.53. The van der Waals surface area contributed by atoms with Gasteiger partial charge in [0.1, 0.15) is 0 Å². The van der Waals surface area contributed by atoms with Gasteiger partial charge in [-0.1, -0.05) is 20.3 Å². The third-order valence-electron chi connectivity index (χ3n) is 3.50. The molecule has 0 heteroatoms. The van der Waals surface area contributed by atoms with E-state index < -0.39 is 0 Å². The third-order valence-corrected chi connectivity index (χ3v) is 3.50.